The first-order valence-electron chi connectivity index (χ1n) is 8.22. The highest BCUT2D eigenvalue weighted by Crippen LogP contribution is 2.32. The van der Waals surface area contributed by atoms with E-state index in [0.717, 1.165) is 21.6 Å². The SMILES string of the molecule is C=C(C)c1cccc(C(C)(C)NC(=O)Nc2sc(C)c(C)c2C(=O)O)c1. The first-order valence-corrected chi connectivity index (χ1v) is 9.03. The molecule has 0 radical (unpaired) electrons. The Balaban J connectivity index is 2.22. The van der Waals surface area contributed by atoms with E-state index in [2.05, 4.69) is 17.2 Å². The van der Waals surface area contributed by atoms with Gasteiger partial charge in [0, 0.05) is 4.88 Å². The predicted octanol–water partition coefficient (Wildman–Crippen LogP) is 5.15. The molecule has 0 spiro atoms. The molecule has 0 atom stereocenters. The number of amides is 2. The molecule has 2 amide bonds. The summed E-state index contributed by atoms with van der Waals surface area (Å²) in [6.45, 7) is 13.2. The first-order chi connectivity index (χ1) is 12.0. The van der Waals surface area contributed by atoms with Crippen LogP contribution < -0.4 is 10.6 Å². The topological polar surface area (TPSA) is 78.4 Å². The molecule has 138 valence electrons. The zero-order valence-electron chi connectivity index (χ0n) is 15.7. The number of carbonyl (C=O) groups is 2. The predicted molar refractivity (Wildman–Crippen MR) is 107 cm³/mol. The zero-order valence-corrected chi connectivity index (χ0v) is 16.5. The van der Waals surface area contributed by atoms with Gasteiger partial charge in [-0.05, 0) is 57.4 Å². The summed E-state index contributed by atoms with van der Waals surface area (Å²) in [6.07, 6.45) is 0. The van der Waals surface area contributed by atoms with Crippen molar-refractivity contribution in [1.82, 2.24) is 5.32 Å². The molecule has 0 unspecified atom stereocenters. The van der Waals surface area contributed by atoms with Crippen molar-refractivity contribution in [2.75, 3.05) is 5.32 Å². The molecule has 2 aromatic rings. The van der Waals surface area contributed by atoms with Crippen LogP contribution in [-0.2, 0) is 5.54 Å². The number of urea groups is 1. The van der Waals surface area contributed by atoms with Crippen LogP contribution in [0.1, 0.15) is 52.7 Å². The summed E-state index contributed by atoms with van der Waals surface area (Å²) in [7, 11) is 0. The molecule has 1 aromatic heterocycles. The number of carboxylic acids is 1. The molecular formula is C20H24N2O3S. The second-order valence-electron chi connectivity index (χ2n) is 6.86. The summed E-state index contributed by atoms with van der Waals surface area (Å²) in [5.41, 5.74) is 3.07. The van der Waals surface area contributed by atoms with Crippen molar-refractivity contribution in [1.29, 1.82) is 0 Å². The molecule has 2 rings (SSSR count). The third kappa shape index (κ3) is 4.14. The summed E-state index contributed by atoms with van der Waals surface area (Å²) >= 11 is 1.26. The number of carboxylic acid groups (broad SMARTS) is 1. The van der Waals surface area contributed by atoms with Crippen LogP contribution in [0.5, 0.6) is 0 Å². The lowest BCUT2D eigenvalue weighted by Crippen LogP contribution is -2.43. The fourth-order valence-electron chi connectivity index (χ4n) is 2.64. The molecule has 5 nitrogen and oxygen atoms in total. The van der Waals surface area contributed by atoms with Gasteiger partial charge in [0.05, 0.1) is 11.1 Å². The Morgan fingerprint density at radius 3 is 2.46 bits per heavy atom. The van der Waals surface area contributed by atoms with Crippen molar-refractivity contribution in [3.05, 3.63) is 58.0 Å². The number of rotatable bonds is 5. The lowest BCUT2D eigenvalue weighted by molar-refractivity contribution is 0.0697. The van der Waals surface area contributed by atoms with E-state index in [0.29, 0.717) is 10.6 Å². The number of hydrogen-bond donors (Lipinski definition) is 3. The molecule has 0 aliphatic rings. The monoisotopic (exact) mass is 372 g/mol. The van der Waals surface area contributed by atoms with Gasteiger partial charge in [-0.15, -0.1) is 11.3 Å². The second kappa shape index (κ2) is 7.33. The summed E-state index contributed by atoms with van der Waals surface area (Å²) in [5, 5.41) is 15.3. The molecule has 0 saturated heterocycles. The van der Waals surface area contributed by atoms with E-state index in [1.165, 1.54) is 11.3 Å². The van der Waals surface area contributed by atoms with E-state index in [9.17, 15) is 14.7 Å². The summed E-state index contributed by atoms with van der Waals surface area (Å²) < 4.78 is 0. The highest BCUT2D eigenvalue weighted by molar-refractivity contribution is 7.16. The number of carbonyl (C=O) groups excluding carboxylic acids is 1. The van der Waals surface area contributed by atoms with Crippen LogP contribution in [-0.4, -0.2) is 17.1 Å². The maximum atomic E-state index is 12.5. The fourth-order valence-corrected chi connectivity index (χ4v) is 3.68. The van der Waals surface area contributed by atoms with Crippen LogP contribution in [0.2, 0.25) is 0 Å². The summed E-state index contributed by atoms with van der Waals surface area (Å²) in [4.78, 5) is 24.8. The van der Waals surface area contributed by atoms with Gasteiger partial charge >= 0.3 is 12.0 Å². The van der Waals surface area contributed by atoms with E-state index >= 15 is 0 Å². The van der Waals surface area contributed by atoms with Gasteiger partial charge in [-0.3, -0.25) is 5.32 Å². The Hall–Kier alpha value is -2.60. The zero-order chi connectivity index (χ0) is 19.6. The minimum atomic E-state index is -1.05. The van der Waals surface area contributed by atoms with Gasteiger partial charge < -0.3 is 10.4 Å². The molecule has 0 bridgehead atoms. The number of aromatic carboxylic acids is 1. The van der Waals surface area contributed by atoms with E-state index in [4.69, 9.17) is 0 Å². The minimum Gasteiger partial charge on any atom is -0.478 e. The highest BCUT2D eigenvalue weighted by Gasteiger charge is 2.25. The van der Waals surface area contributed by atoms with Crippen LogP contribution in [0, 0.1) is 13.8 Å². The van der Waals surface area contributed by atoms with E-state index < -0.39 is 17.5 Å². The van der Waals surface area contributed by atoms with Gasteiger partial charge in [0.25, 0.3) is 0 Å². The summed E-state index contributed by atoms with van der Waals surface area (Å²) in [6, 6.07) is 7.38. The third-order valence-electron chi connectivity index (χ3n) is 4.33. The van der Waals surface area contributed by atoms with E-state index in [1.807, 2.05) is 52.0 Å². The smallest absolute Gasteiger partial charge is 0.338 e. The number of thiophene rings is 1. The van der Waals surface area contributed by atoms with Crippen LogP contribution in [0.4, 0.5) is 9.80 Å². The largest absolute Gasteiger partial charge is 0.478 e. The number of anilines is 1. The molecule has 0 saturated carbocycles. The molecule has 3 N–H and O–H groups in total. The van der Waals surface area contributed by atoms with Gasteiger partial charge in [-0.25, -0.2) is 9.59 Å². The molecule has 1 aromatic carbocycles. The Morgan fingerprint density at radius 2 is 1.88 bits per heavy atom. The summed E-state index contributed by atoms with van der Waals surface area (Å²) in [5.74, 6) is -1.05. The maximum absolute atomic E-state index is 12.5. The van der Waals surface area contributed by atoms with Gasteiger partial charge in [-0.1, -0.05) is 30.4 Å². The molecule has 0 fully saturated rings. The van der Waals surface area contributed by atoms with Crippen molar-refractivity contribution in [2.24, 2.45) is 0 Å². The molecule has 1 heterocycles. The second-order valence-corrected chi connectivity index (χ2v) is 8.08. The van der Waals surface area contributed by atoms with E-state index in [-0.39, 0.29) is 5.56 Å². The number of hydrogen-bond acceptors (Lipinski definition) is 3. The standard InChI is InChI=1S/C20H24N2O3S/c1-11(2)14-8-7-9-15(10-14)20(5,6)22-19(25)21-17-16(18(23)24)12(3)13(4)26-17/h7-10H,1H2,2-6H3,(H,23,24)(H2,21,22,25). The van der Waals surface area contributed by atoms with E-state index in [1.54, 1.807) is 6.92 Å². The number of aryl methyl sites for hydroxylation is 1. The fraction of sp³-hybridized carbons (Fsp3) is 0.300. The molecule has 0 aliphatic carbocycles. The molecule has 6 heteroatoms. The normalized spacial score (nSPS) is 11.1. The lowest BCUT2D eigenvalue weighted by Gasteiger charge is -2.27. The quantitative estimate of drug-likeness (QED) is 0.679. The Morgan fingerprint density at radius 1 is 1.23 bits per heavy atom. The van der Waals surface area contributed by atoms with Crippen molar-refractivity contribution < 1.29 is 14.7 Å². The van der Waals surface area contributed by atoms with Gasteiger partial charge in [0.15, 0.2) is 0 Å². The van der Waals surface area contributed by atoms with Crippen molar-refractivity contribution in [2.45, 2.75) is 40.2 Å². The molecule has 0 aliphatic heterocycles. The average molecular weight is 372 g/mol. The van der Waals surface area contributed by atoms with Crippen molar-refractivity contribution in [3.63, 3.8) is 0 Å². The van der Waals surface area contributed by atoms with Crippen molar-refractivity contribution >= 4 is 33.9 Å². The van der Waals surface area contributed by atoms with Gasteiger partial charge in [0.1, 0.15) is 5.00 Å². The molecular weight excluding hydrogens is 348 g/mol. The Kier molecular flexibility index (Phi) is 5.56. The number of nitrogens with one attached hydrogen (secondary N) is 2. The lowest BCUT2D eigenvalue weighted by atomic mass is 9.92. The van der Waals surface area contributed by atoms with Gasteiger partial charge in [0.2, 0.25) is 0 Å². The van der Waals surface area contributed by atoms with Crippen LogP contribution in [0.15, 0.2) is 30.8 Å². The maximum Gasteiger partial charge on any atom is 0.338 e. The average Bonchev–Trinajstić information content (AvgIpc) is 2.80. The first kappa shape index (κ1) is 19.7. The molecule has 26 heavy (non-hydrogen) atoms. The number of benzene rings is 1. The minimum absolute atomic E-state index is 0.143. The van der Waals surface area contributed by atoms with Crippen molar-refractivity contribution in [3.8, 4) is 0 Å². The van der Waals surface area contributed by atoms with Crippen LogP contribution in [0.25, 0.3) is 5.57 Å². The Labute approximate surface area is 157 Å². The van der Waals surface area contributed by atoms with Gasteiger partial charge in [-0.2, -0.15) is 0 Å². The highest BCUT2D eigenvalue weighted by atomic mass is 32.1. The van der Waals surface area contributed by atoms with Crippen LogP contribution >= 0.6 is 11.3 Å². The number of allylic oxidation sites excluding steroid dienone is 1. The van der Waals surface area contributed by atoms with Crippen LogP contribution in [0.3, 0.4) is 0 Å². The Bertz CT molecular complexity index is 881. The third-order valence-corrected chi connectivity index (χ3v) is 5.45.